The fraction of sp³-hybridized carbons (Fsp3) is 0.891. The van der Waals surface area contributed by atoms with Crippen LogP contribution in [0.2, 0.25) is 0 Å². The van der Waals surface area contributed by atoms with Gasteiger partial charge in [-0.15, -0.1) is 0 Å². The van der Waals surface area contributed by atoms with Crippen LogP contribution in [0.1, 0.15) is 131 Å². The molecule has 10 saturated carbocycles. The van der Waals surface area contributed by atoms with Crippen molar-refractivity contribution in [3.63, 3.8) is 0 Å². The molecule has 12 aliphatic rings. The number of rotatable bonds is 11. The Balaban J connectivity index is 0.987. The van der Waals surface area contributed by atoms with Crippen molar-refractivity contribution in [2.75, 3.05) is 6.61 Å². The Bertz CT molecular complexity index is 1650. The maximum Gasteiger partial charge on any atom is 0.318 e. The van der Waals surface area contributed by atoms with E-state index in [0.29, 0.717) is 50.0 Å². The first kappa shape index (κ1) is 37.8. The second-order valence-corrected chi connectivity index (χ2v) is 22.4. The van der Waals surface area contributed by atoms with Crippen molar-refractivity contribution >= 4 is 29.8 Å². The lowest BCUT2D eigenvalue weighted by molar-refractivity contribution is -0.225. The topological polar surface area (TPSA) is 143 Å². The van der Waals surface area contributed by atoms with Gasteiger partial charge in [-0.2, -0.15) is 0 Å². The fourth-order valence-electron chi connectivity index (χ4n) is 17.0. The number of hydrogen-bond donors (Lipinski definition) is 1. The lowest BCUT2D eigenvalue weighted by atomic mass is 9.44. The Morgan fingerprint density at radius 3 is 2.00 bits per heavy atom. The molecule has 0 aromatic heterocycles. The molecule has 0 aromatic rings. The highest BCUT2D eigenvalue weighted by Crippen LogP contribution is 2.67. The second kappa shape index (κ2) is 12.8. The van der Waals surface area contributed by atoms with Gasteiger partial charge in [0.25, 0.3) is 0 Å². The molecule has 1 N–H and O–H groups in total. The van der Waals surface area contributed by atoms with Gasteiger partial charge in [-0.25, -0.2) is 0 Å². The number of carbonyl (C=O) groups is 5. The van der Waals surface area contributed by atoms with Crippen molar-refractivity contribution in [3.05, 3.63) is 0 Å². The third-order valence-corrected chi connectivity index (χ3v) is 19.0. The molecular formula is C46H64O10. The van der Waals surface area contributed by atoms with Crippen molar-refractivity contribution < 1.29 is 48.0 Å². The van der Waals surface area contributed by atoms with Crippen LogP contribution in [0.4, 0.5) is 0 Å². The number of aliphatic hydroxyl groups is 1. The first-order valence-electron chi connectivity index (χ1n) is 22.6. The molecule has 12 fully saturated rings. The van der Waals surface area contributed by atoms with E-state index in [1.54, 1.807) is 6.92 Å². The largest absolute Gasteiger partial charge is 0.465 e. The summed E-state index contributed by atoms with van der Waals surface area (Å²) >= 11 is 0. The van der Waals surface area contributed by atoms with Gasteiger partial charge < -0.3 is 24.1 Å². The zero-order valence-electron chi connectivity index (χ0n) is 34.2. The van der Waals surface area contributed by atoms with Crippen molar-refractivity contribution in [1.29, 1.82) is 0 Å². The van der Waals surface area contributed by atoms with Crippen LogP contribution in [0.3, 0.4) is 0 Å². The monoisotopic (exact) mass is 776 g/mol. The van der Waals surface area contributed by atoms with Gasteiger partial charge in [0.05, 0.1) is 41.8 Å². The molecule has 12 rings (SSSR count). The molecule has 10 aliphatic carbocycles. The van der Waals surface area contributed by atoms with Crippen LogP contribution in [0.25, 0.3) is 0 Å². The van der Waals surface area contributed by atoms with Crippen LogP contribution in [-0.2, 0) is 42.9 Å². The molecule has 13 unspecified atom stereocenters. The number of carbonyl (C=O) groups excluding carboxylic acids is 5. The van der Waals surface area contributed by atoms with Crippen LogP contribution >= 0.6 is 0 Å². The highest BCUT2D eigenvalue weighted by molar-refractivity contribution is 5.98. The summed E-state index contributed by atoms with van der Waals surface area (Å²) in [6, 6.07) is 0. The summed E-state index contributed by atoms with van der Waals surface area (Å²) in [5.74, 6) is -2.78. The van der Waals surface area contributed by atoms with Crippen LogP contribution in [0.15, 0.2) is 0 Å². The van der Waals surface area contributed by atoms with E-state index in [1.165, 1.54) is 19.3 Å². The van der Waals surface area contributed by atoms with E-state index in [9.17, 15) is 24.3 Å². The summed E-state index contributed by atoms with van der Waals surface area (Å²) in [6.45, 7) is 10.8. The average Bonchev–Trinajstić information content (AvgIpc) is 3.82. The summed E-state index contributed by atoms with van der Waals surface area (Å²) in [4.78, 5) is 69.6. The molecule has 0 aromatic carbocycles. The van der Waals surface area contributed by atoms with Crippen molar-refractivity contribution in [1.82, 2.24) is 0 Å². The van der Waals surface area contributed by atoms with Gasteiger partial charge in [-0.3, -0.25) is 24.0 Å². The van der Waals surface area contributed by atoms with Gasteiger partial charge >= 0.3 is 29.8 Å². The maximum absolute atomic E-state index is 15.3. The third-order valence-electron chi connectivity index (χ3n) is 19.0. The molecule has 13 atom stereocenters. The van der Waals surface area contributed by atoms with E-state index in [-0.39, 0.29) is 77.0 Å². The minimum atomic E-state index is -1.09. The highest BCUT2D eigenvalue weighted by Gasteiger charge is 2.65. The summed E-state index contributed by atoms with van der Waals surface area (Å²) in [6.07, 6.45) is 12.7. The van der Waals surface area contributed by atoms with Gasteiger partial charge in [-0.1, -0.05) is 27.7 Å². The minimum Gasteiger partial charge on any atom is -0.465 e. The van der Waals surface area contributed by atoms with E-state index < -0.39 is 58.4 Å². The summed E-state index contributed by atoms with van der Waals surface area (Å²) in [5, 5.41) is 11.5. The number of hydrogen-bond acceptors (Lipinski definition) is 10. The number of cyclic esters (lactones) is 3. The SMILES string of the molecule is CC1C(=O)OC(=O)C1C(CC(CC1C(C)C2CC1C1COC(=O)C21)C(=O)OC(C)(C(C)C)C12CC3CC(CC(C3)C1)C2)C(=O)OC12CC3CC(CC(O)(C3)C1)C2. The van der Waals surface area contributed by atoms with Gasteiger partial charge in [0.15, 0.2) is 0 Å². The number of esters is 5. The van der Waals surface area contributed by atoms with Crippen molar-refractivity contribution in [2.24, 2.45) is 100 Å². The zero-order valence-corrected chi connectivity index (χ0v) is 34.2. The zero-order chi connectivity index (χ0) is 39.3. The number of ether oxygens (including phenoxy) is 4. The Hall–Kier alpha value is -2.49. The average molecular weight is 777 g/mol. The molecule has 0 radical (unpaired) electrons. The van der Waals surface area contributed by atoms with E-state index >= 15 is 4.79 Å². The molecule has 2 heterocycles. The maximum atomic E-state index is 15.3. The van der Waals surface area contributed by atoms with Gasteiger partial charge in [-0.05, 0) is 156 Å². The molecule has 2 aliphatic heterocycles. The lowest BCUT2D eigenvalue weighted by Gasteiger charge is -2.63. The predicted molar refractivity (Wildman–Crippen MR) is 201 cm³/mol. The summed E-state index contributed by atoms with van der Waals surface area (Å²) in [5.41, 5.74) is -2.49. The molecule has 10 nitrogen and oxygen atoms in total. The van der Waals surface area contributed by atoms with E-state index in [0.717, 1.165) is 44.9 Å². The van der Waals surface area contributed by atoms with Gasteiger partial charge in [0.2, 0.25) is 0 Å². The minimum absolute atomic E-state index is 0.0153. The fourth-order valence-corrected chi connectivity index (χ4v) is 17.0. The summed E-state index contributed by atoms with van der Waals surface area (Å²) in [7, 11) is 0. The van der Waals surface area contributed by atoms with Crippen LogP contribution < -0.4 is 0 Å². The molecule has 0 spiro atoms. The normalized spacial score (nSPS) is 49.8. The highest BCUT2D eigenvalue weighted by atomic mass is 16.6. The van der Waals surface area contributed by atoms with E-state index in [2.05, 4.69) is 27.7 Å². The van der Waals surface area contributed by atoms with Crippen molar-refractivity contribution in [3.8, 4) is 0 Å². The summed E-state index contributed by atoms with van der Waals surface area (Å²) < 4.78 is 24.4. The molecule has 0 amide bonds. The second-order valence-electron chi connectivity index (χ2n) is 22.4. The molecule has 2 saturated heterocycles. The van der Waals surface area contributed by atoms with Gasteiger partial charge in [0.1, 0.15) is 11.2 Å². The Kier molecular flexibility index (Phi) is 8.60. The molecule has 10 bridgehead atoms. The standard InChI is InChI=1S/C46H64O10/c1-22(2)43(5,44-13-25-6-26(14-44)8-27(7-25)15-44)55-39(48)30(10-31-23(3)32-12-33(31)35-20-53-41(50)37(32)35)11-34(36-24(4)38(47)54-42(36)51)40(49)56-46-18-28-9-29(19-46)17-45(52,16-28)21-46/h22-37,52H,6-21H2,1-5H3. The van der Waals surface area contributed by atoms with Crippen LogP contribution in [-0.4, -0.2) is 58.4 Å². The molecular weight excluding hydrogens is 712 g/mol. The predicted octanol–water partition coefficient (Wildman–Crippen LogP) is 6.83. The molecule has 56 heavy (non-hydrogen) atoms. The first-order valence-corrected chi connectivity index (χ1v) is 22.6. The quantitative estimate of drug-likeness (QED) is 0.135. The number of fused-ring (bicyclic) bond motifs is 5. The lowest BCUT2D eigenvalue weighted by Crippen LogP contribution is -2.61. The van der Waals surface area contributed by atoms with Crippen LogP contribution in [0, 0.1) is 100 Å². The van der Waals surface area contributed by atoms with Gasteiger partial charge in [0, 0.05) is 17.8 Å². The molecule has 10 heteroatoms. The Morgan fingerprint density at radius 2 is 1.43 bits per heavy atom. The Labute approximate surface area is 331 Å². The van der Waals surface area contributed by atoms with Crippen LogP contribution in [0.5, 0.6) is 0 Å². The first-order chi connectivity index (χ1) is 26.5. The Morgan fingerprint density at radius 1 is 0.804 bits per heavy atom. The van der Waals surface area contributed by atoms with E-state index in [1.807, 2.05) is 0 Å². The van der Waals surface area contributed by atoms with Crippen molar-refractivity contribution in [2.45, 2.75) is 148 Å². The molecule has 308 valence electrons. The smallest absolute Gasteiger partial charge is 0.318 e. The third kappa shape index (κ3) is 5.65. The van der Waals surface area contributed by atoms with E-state index in [4.69, 9.17) is 18.9 Å².